The maximum atomic E-state index is 12.3. The molecule has 0 bridgehead atoms. The number of hydrogen-bond acceptors (Lipinski definition) is 5. The van der Waals surface area contributed by atoms with Crippen LogP contribution in [0.2, 0.25) is 5.02 Å². The Balaban J connectivity index is 1.86. The number of halogens is 1. The van der Waals surface area contributed by atoms with Crippen LogP contribution in [0.25, 0.3) is 21.8 Å². The molecule has 140 valence electrons. The number of benzene rings is 1. The summed E-state index contributed by atoms with van der Waals surface area (Å²) in [6, 6.07) is 12.9. The molecule has 0 unspecified atom stereocenters. The molecule has 4 aromatic rings. The average Bonchev–Trinajstić information content (AvgIpc) is 2.67. The maximum Gasteiger partial charge on any atom is 0.270 e. The van der Waals surface area contributed by atoms with Crippen molar-refractivity contribution in [1.82, 2.24) is 20.3 Å². The Hall–Kier alpha value is -3.25. The number of carbonyl (C=O) groups is 1. The van der Waals surface area contributed by atoms with E-state index in [4.69, 9.17) is 11.6 Å². The molecule has 0 aliphatic carbocycles. The van der Waals surface area contributed by atoms with E-state index < -0.39 is 0 Å². The van der Waals surface area contributed by atoms with Crippen molar-refractivity contribution >= 4 is 50.8 Å². The predicted octanol–water partition coefficient (Wildman–Crippen LogP) is 4.71. The van der Waals surface area contributed by atoms with E-state index in [1.807, 2.05) is 50.2 Å². The second kappa shape index (κ2) is 7.40. The molecule has 0 spiro atoms. The summed E-state index contributed by atoms with van der Waals surface area (Å²) in [5, 5.41) is 9.42. The molecule has 28 heavy (non-hydrogen) atoms. The van der Waals surface area contributed by atoms with Gasteiger partial charge in [-0.1, -0.05) is 17.7 Å². The number of fused-ring (bicyclic) bond motifs is 3. The quantitative estimate of drug-likeness (QED) is 0.492. The van der Waals surface area contributed by atoms with E-state index >= 15 is 0 Å². The van der Waals surface area contributed by atoms with Gasteiger partial charge < -0.3 is 10.6 Å². The van der Waals surface area contributed by atoms with Gasteiger partial charge >= 0.3 is 0 Å². The summed E-state index contributed by atoms with van der Waals surface area (Å²) in [5.41, 5.74) is 1.61. The number of anilines is 2. The maximum absolute atomic E-state index is 12.3. The van der Waals surface area contributed by atoms with Crippen molar-refractivity contribution in [3.63, 3.8) is 0 Å². The van der Waals surface area contributed by atoms with E-state index in [1.54, 1.807) is 18.5 Å². The Morgan fingerprint density at radius 3 is 2.68 bits per heavy atom. The van der Waals surface area contributed by atoms with Crippen LogP contribution in [0, 0.1) is 0 Å². The van der Waals surface area contributed by atoms with Gasteiger partial charge in [-0.2, -0.15) is 0 Å². The van der Waals surface area contributed by atoms with Gasteiger partial charge in [0.25, 0.3) is 5.91 Å². The van der Waals surface area contributed by atoms with Gasteiger partial charge in [-0.25, -0.2) is 9.97 Å². The molecule has 0 fully saturated rings. The summed E-state index contributed by atoms with van der Waals surface area (Å²) < 4.78 is 0. The first-order valence-corrected chi connectivity index (χ1v) is 9.27. The molecule has 0 radical (unpaired) electrons. The third kappa shape index (κ3) is 3.59. The highest BCUT2D eigenvalue weighted by atomic mass is 35.5. The number of aromatic nitrogens is 3. The molecule has 7 heteroatoms. The number of nitrogens with one attached hydrogen (secondary N) is 2. The molecule has 1 amide bonds. The lowest BCUT2D eigenvalue weighted by molar-refractivity contribution is 0.0938. The fourth-order valence-electron chi connectivity index (χ4n) is 2.99. The number of hydrogen-bond donors (Lipinski definition) is 2. The van der Waals surface area contributed by atoms with Gasteiger partial charge in [-0.15, -0.1) is 0 Å². The fourth-order valence-corrected chi connectivity index (χ4v) is 3.18. The Labute approximate surface area is 167 Å². The minimum Gasteiger partial charge on any atom is -0.349 e. The monoisotopic (exact) mass is 391 g/mol. The number of pyridine rings is 3. The normalized spacial score (nSPS) is 11.1. The first-order valence-electron chi connectivity index (χ1n) is 8.89. The average molecular weight is 392 g/mol. The van der Waals surface area contributed by atoms with Crippen molar-refractivity contribution in [2.24, 2.45) is 0 Å². The van der Waals surface area contributed by atoms with Gasteiger partial charge in [0, 0.05) is 45.3 Å². The fraction of sp³-hybridized carbons (Fsp3) is 0.143. The minimum atomic E-state index is -0.227. The van der Waals surface area contributed by atoms with Crippen molar-refractivity contribution < 1.29 is 4.79 Å². The summed E-state index contributed by atoms with van der Waals surface area (Å²) in [7, 11) is 0. The van der Waals surface area contributed by atoms with Crippen LogP contribution < -0.4 is 10.6 Å². The van der Waals surface area contributed by atoms with Crippen LogP contribution >= 0.6 is 11.6 Å². The lowest BCUT2D eigenvalue weighted by atomic mass is 10.1. The highest BCUT2D eigenvalue weighted by molar-refractivity contribution is 6.30. The van der Waals surface area contributed by atoms with E-state index in [2.05, 4.69) is 25.6 Å². The topological polar surface area (TPSA) is 79.8 Å². The predicted molar refractivity (Wildman–Crippen MR) is 112 cm³/mol. The summed E-state index contributed by atoms with van der Waals surface area (Å²) in [6.07, 6.45) is 3.49. The van der Waals surface area contributed by atoms with Gasteiger partial charge in [0.1, 0.15) is 11.5 Å². The van der Waals surface area contributed by atoms with Crippen molar-refractivity contribution in [2.45, 2.75) is 19.9 Å². The largest absolute Gasteiger partial charge is 0.349 e. The summed E-state index contributed by atoms with van der Waals surface area (Å²) in [5.74, 6) is 0.399. The van der Waals surface area contributed by atoms with Crippen molar-refractivity contribution in [3.05, 3.63) is 65.6 Å². The van der Waals surface area contributed by atoms with E-state index in [9.17, 15) is 4.79 Å². The third-order valence-corrected chi connectivity index (χ3v) is 4.43. The molecular formula is C21H18ClN5O. The number of amides is 1. The molecule has 3 heterocycles. The molecule has 3 aromatic heterocycles. The molecule has 0 atom stereocenters. The first-order chi connectivity index (χ1) is 13.5. The number of carbonyl (C=O) groups excluding carboxylic acids is 1. The molecule has 0 aliphatic heterocycles. The molecule has 0 aliphatic rings. The van der Waals surface area contributed by atoms with Crippen LogP contribution in [-0.2, 0) is 0 Å². The molecular weight excluding hydrogens is 374 g/mol. The zero-order chi connectivity index (χ0) is 19.7. The SMILES string of the molecule is CC(C)NC(=O)c1ccc2c(n1)nc(Nc1cccc(Cl)c1)c1ccncc12. The van der Waals surface area contributed by atoms with Gasteiger partial charge in [0.05, 0.1) is 0 Å². The zero-order valence-corrected chi connectivity index (χ0v) is 16.2. The van der Waals surface area contributed by atoms with E-state index in [1.165, 1.54) is 0 Å². The van der Waals surface area contributed by atoms with Crippen molar-refractivity contribution in [1.29, 1.82) is 0 Å². The second-order valence-electron chi connectivity index (χ2n) is 6.71. The van der Waals surface area contributed by atoms with Crippen molar-refractivity contribution in [3.8, 4) is 0 Å². The Morgan fingerprint density at radius 2 is 1.89 bits per heavy atom. The van der Waals surface area contributed by atoms with Crippen LogP contribution in [0.1, 0.15) is 24.3 Å². The lowest BCUT2D eigenvalue weighted by Gasteiger charge is -2.12. The van der Waals surface area contributed by atoms with Crippen LogP contribution in [0.3, 0.4) is 0 Å². The van der Waals surface area contributed by atoms with Crippen LogP contribution in [0.4, 0.5) is 11.5 Å². The zero-order valence-electron chi connectivity index (χ0n) is 15.4. The van der Waals surface area contributed by atoms with Gasteiger partial charge in [-0.05, 0) is 50.2 Å². The number of rotatable bonds is 4. The van der Waals surface area contributed by atoms with E-state index in [0.29, 0.717) is 22.2 Å². The molecule has 0 saturated carbocycles. The van der Waals surface area contributed by atoms with Gasteiger partial charge in [0.15, 0.2) is 5.65 Å². The lowest BCUT2D eigenvalue weighted by Crippen LogP contribution is -2.30. The van der Waals surface area contributed by atoms with Crippen LogP contribution in [-0.4, -0.2) is 26.9 Å². The standard InChI is InChI=1S/C21H18ClN5O/c1-12(2)24-21(28)18-7-6-15-17-11-23-9-8-16(17)19(27-20(15)26-18)25-14-5-3-4-13(22)10-14/h3-12H,1-2H3,(H,24,28)(H,25,26,27). The molecule has 2 N–H and O–H groups in total. The minimum absolute atomic E-state index is 0.0267. The van der Waals surface area contributed by atoms with Crippen LogP contribution in [0.5, 0.6) is 0 Å². The van der Waals surface area contributed by atoms with Gasteiger partial charge in [0.2, 0.25) is 0 Å². The van der Waals surface area contributed by atoms with E-state index in [-0.39, 0.29) is 11.9 Å². The second-order valence-corrected chi connectivity index (χ2v) is 7.15. The smallest absolute Gasteiger partial charge is 0.270 e. The Kier molecular flexibility index (Phi) is 4.79. The summed E-state index contributed by atoms with van der Waals surface area (Å²) >= 11 is 6.09. The van der Waals surface area contributed by atoms with Gasteiger partial charge in [-0.3, -0.25) is 9.78 Å². The number of nitrogens with zero attached hydrogens (tertiary/aromatic N) is 3. The molecule has 4 rings (SSSR count). The first kappa shape index (κ1) is 18.1. The van der Waals surface area contributed by atoms with Crippen molar-refractivity contribution in [2.75, 3.05) is 5.32 Å². The molecule has 0 saturated heterocycles. The highest BCUT2D eigenvalue weighted by Crippen LogP contribution is 2.30. The highest BCUT2D eigenvalue weighted by Gasteiger charge is 2.14. The van der Waals surface area contributed by atoms with Crippen LogP contribution in [0.15, 0.2) is 54.9 Å². The molecule has 6 nitrogen and oxygen atoms in total. The summed E-state index contributed by atoms with van der Waals surface area (Å²) in [6.45, 7) is 3.81. The Morgan fingerprint density at radius 1 is 1.04 bits per heavy atom. The molecule has 1 aromatic carbocycles. The summed E-state index contributed by atoms with van der Waals surface area (Å²) in [4.78, 5) is 25.7. The third-order valence-electron chi connectivity index (χ3n) is 4.20. The van der Waals surface area contributed by atoms with E-state index in [0.717, 1.165) is 21.8 Å². The Bertz CT molecular complexity index is 1190.